The average molecular weight is 489 g/mol. The number of aromatic nitrogens is 2. The maximum atomic E-state index is 13.2. The standard InChI is InChI=1S/C23H25FN4O5S/c1-15-20(34(30,31)28-11-2-3-12-28)13-19(32-15)23(29)27-10-4-5-17(14-27)22-25-21(26-33-22)16-6-8-18(24)9-7-16/h6-9,13,17H,2-5,10-12,14H2,1H3/t17-/m1/s1. The van der Waals surface area contributed by atoms with Crippen molar-refractivity contribution in [2.75, 3.05) is 26.2 Å². The van der Waals surface area contributed by atoms with Gasteiger partial charge in [0.25, 0.3) is 5.91 Å². The molecule has 0 bridgehead atoms. The first kappa shape index (κ1) is 22.7. The zero-order chi connectivity index (χ0) is 23.9. The van der Waals surface area contributed by atoms with E-state index in [0.717, 1.165) is 25.7 Å². The number of sulfonamides is 1. The lowest BCUT2D eigenvalue weighted by Crippen LogP contribution is -2.39. The summed E-state index contributed by atoms with van der Waals surface area (Å²) in [5.41, 5.74) is 0.637. The van der Waals surface area contributed by atoms with Gasteiger partial charge in [-0.1, -0.05) is 5.16 Å². The molecular weight excluding hydrogens is 463 g/mol. The highest BCUT2D eigenvalue weighted by molar-refractivity contribution is 7.89. The fourth-order valence-corrected chi connectivity index (χ4v) is 6.21. The van der Waals surface area contributed by atoms with Crippen LogP contribution in [-0.2, 0) is 10.0 Å². The topological polar surface area (TPSA) is 110 Å². The number of likely N-dealkylation sites (tertiary alicyclic amines) is 1. The Kier molecular flexibility index (Phi) is 5.98. The summed E-state index contributed by atoms with van der Waals surface area (Å²) in [5, 5.41) is 4.00. The van der Waals surface area contributed by atoms with E-state index in [2.05, 4.69) is 10.1 Å². The molecule has 0 saturated carbocycles. The summed E-state index contributed by atoms with van der Waals surface area (Å²) < 4.78 is 51.5. The van der Waals surface area contributed by atoms with E-state index in [1.54, 1.807) is 24.0 Å². The van der Waals surface area contributed by atoms with E-state index in [-0.39, 0.29) is 34.1 Å². The lowest BCUT2D eigenvalue weighted by Gasteiger charge is -2.30. The highest BCUT2D eigenvalue weighted by Crippen LogP contribution is 2.31. The van der Waals surface area contributed by atoms with Crippen LogP contribution in [-0.4, -0.2) is 59.8 Å². The molecule has 2 aliphatic rings. The van der Waals surface area contributed by atoms with Gasteiger partial charge in [-0.05, 0) is 56.9 Å². The Hall–Kier alpha value is -3.05. The van der Waals surface area contributed by atoms with Crippen LogP contribution in [0, 0.1) is 12.7 Å². The fourth-order valence-electron chi connectivity index (χ4n) is 4.53. The molecule has 1 aromatic carbocycles. The minimum Gasteiger partial charge on any atom is -0.455 e. The van der Waals surface area contributed by atoms with Crippen molar-refractivity contribution in [3.63, 3.8) is 0 Å². The van der Waals surface area contributed by atoms with Crippen molar-refractivity contribution in [1.82, 2.24) is 19.3 Å². The van der Waals surface area contributed by atoms with Crippen molar-refractivity contribution in [3.05, 3.63) is 53.6 Å². The molecule has 0 N–H and O–H groups in total. The summed E-state index contributed by atoms with van der Waals surface area (Å²) in [4.78, 5) is 19.3. The van der Waals surface area contributed by atoms with E-state index in [1.807, 2.05) is 0 Å². The summed E-state index contributed by atoms with van der Waals surface area (Å²) in [5.74, 6) is 0.107. The molecule has 0 radical (unpaired) electrons. The Morgan fingerprint density at radius 1 is 1.12 bits per heavy atom. The SMILES string of the molecule is Cc1oc(C(=O)N2CCC[C@@H](c3nc(-c4ccc(F)cc4)no3)C2)cc1S(=O)(=O)N1CCCC1. The van der Waals surface area contributed by atoms with Gasteiger partial charge in [0, 0.05) is 37.8 Å². The second-order valence-corrected chi connectivity index (χ2v) is 10.6. The minimum absolute atomic E-state index is 0.00783. The van der Waals surface area contributed by atoms with E-state index in [4.69, 9.17) is 8.94 Å². The van der Waals surface area contributed by atoms with Crippen LogP contribution in [0.1, 0.15) is 53.8 Å². The summed E-state index contributed by atoms with van der Waals surface area (Å²) in [7, 11) is -3.68. The molecule has 0 unspecified atom stereocenters. The third kappa shape index (κ3) is 4.25. The first-order valence-electron chi connectivity index (χ1n) is 11.3. The monoisotopic (exact) mass is 488 g/mol. The van der Waals surface area contributed by atoms with Crippen molar-refractivity contribution in [2.24, 2.45) is 0 Å². The molecule has 4 heterocycles. The van der Waals surface area contributed by atoms with Gasteiger partial charge in [0.1, 0.15) is 16.5 Å². The number of hydrogen-bond donors (Lipinski definition) is 0. The Labute approximate surface area is 196 Å². The molecule has 2 saturated heterocycles. The maximum absolute atomic E-state index is 13.2. The summed E-state index contributed by atoms with van der Waals surface area (Å²) in [6.07, 6.45) is 3.15. The predicted octanol–water partition coefficient (Wildman–Crippen LogP) is 3.58. The van der Waals surface area contributed by atoms with Crippen LogP contribution < -0.4 is 0 Å². The van der Waals surface area contributed by atoms with Gasteiger partial charge < -0.3 is 13.8 Å². The molecule has 9 nitrogen and oxygen atoms in total. The van der Waals surface area contributed by atoms with E-state index in [1.165, 1.54) is 22.5 Å². The Morgan fingerprint density at radius 2 is 1.85 bits per heavy atom. The van der Waals surface area contributed by atoms with Gasteiger partial charge >= 0.3 is 0 Å². The number of rotatable bonds is 5. The molecular formula is C23H25FN4O5S. The number of aryl methyl sites for hydroxylation is 1. The Morgan fingerprint density at radius 3 is 2.59 bits per heavy atom. The van der Waals surface area contributed by atoms with Gasteiger partial charge in [-0.25, -0.2) is 12.8 Å². The van der Waals surface area contributed by atoms with Gasteiger partial charge in [0.05, 0.1) is 5.92 Å². The lowest BCUT2D eigenvalue weighted by molar-refractivity contribution is 0.0662. The normalized spacial score (nSPS) is 19.6. The number of carbonyl (C=O) groups is 1. The first-order valence-corrected chi connectivity index (χ1v) is 12.8. The van der Waals surface area contributed by atoms with Crippen LogP contribution in [0.2, 0.25) is 0 Å². The van der Waals surface area contributed by atoms with Crippen molar-refractivity contribution >= 4 is 15.9 Å². The van der Waals surface area contributed by atoms with Gasteiger partial charge in [0.2, 0.25) is 21.7 Å². The van der Waals surface area contributed by atoms with Crippen LogP contribution in [0.15, 0.2) is 44.2 Å². The van der Waals surface area contributed by atoms with Gasteiger partial charge in [-0.3, -0.25) is 4.79 Å². The molecule has 5 rings (SSSR count). The molecule has 0 spiro atoms. The highest BCUT2D eigenvalue weighted by Gasteiger charge is 2.34. The lowest BCUT2D eigenvalue weighted by atomic mass is 9.97. The summed E-state index contributed by atoms with van der Waals surface area (Å²) in [6.45, 7) is 3.39. The van der Waals surface area contributed by atoms with Crippen LogP contribution >= 0.6 is 0 Å². The molecule has 1 amide bonds. The highest BCUT2D eigenvalue weighted by atomic mass is 32.2. The summed E-state index contributed by atoms with van der Waals surface area (Å²) in [6, 6.07) is 7.15. The molecule has 2 aromatic heterocycles. The molecule has 2 aliphatic heterocycles. The quantitative estimate of drug-likeness (QED) is 0.540. The zero-order valence-corrected chi connectivity index (χ0v) is 19.6. The second-order valence-electron chi connectivity index (χ2n) is 8.70. The Bertz CT molecular complexity index is 1300. The maximum Gasteiger partial charge on any atom is 0.289 e. The molecule has 1 atom stereocenters. The van der Waals surface area contributed by atoms with Crippen LogP contribution in [0.3, 0.4) is 0 Å². The fraction of sp³-hybridized carbons (Fsp3) is 0.435. The smallest absolute Gasteiger partial charge is 0.289 e. The molecule has 3 aromatic rings. The van der Waals surface area contributed by atoms with E-state index < -0.39 is 10.0 Å². The van der Waals surface area contributed by atoms with Gasteiger partial charge in [-0.15, -0.1) is 0 Å². The Balaban J connectivity index is 1.32. The van der Waals surface area contributed by atoms with Crippen molar-refractivity contribution in [3.8, 4) is 11.4 Å². The van der Waals surface area contributed by atoms with E-state index >= 15 is 0 Å². The number of carbonyl (C=O) groups excluding carboxylic acids is 1. The predicted molar refractivity (Wildman–Crippen MR) is 119 cm³/mol. The third-order valence-electron chi connectivity index (χ3n) is 6.37. The molecule has 180 valence electrons. The number of furan rings is 1. The van der Waals surface area contributed by atoms with Crippen molar-refractivity contribution in [1.29, 1.82) is 0 Å². The number of halogens is 1. The molecule has 0 aliphatic carbocycles. The minimum atomic E-state index is -3.68. The number of benzene rings is 1. The molecule has 11 heteroatoms. The van der Waals surface area contributed by atoms with Crippen LogP contribution in [0.25, 0.3) is 11.4 Å². The summed E-state index contributed by atoms with van der Waals surface area (Å²) >= 11 is 0. The van der Waals surface area contributed by atoms with Crippen LogP contribution in [0.4, 0.5) is 4.39 Å². The largest absolute Gasteiger partial charge is 0.455 e. The number of hydrogen-bond acceptors (Lipinski definition) is 7. The van der Waals surface area contributed by atoms with Crippen molar-refractivity contribution in [2.45, 2.75) is 43.4 Å². The first-order chi connectivity index (χ1) is 16.3. The van der Waals surface area contributed by atoms with Gasteiger partial charge in [-0.2, -0.15) is 9.29 Å². The molecule has 34 heavy (non-hydrogen) atoms. The number of amides is 1. The van der Waals surface area contributed by atoms with Gasteiger partial charge in [0.15, 0.2) is 5.76 Å². The van der Waals surface area contributed by atoms with E-state index in [0.29, 0.717) is 43.5 Å². The zero-order valence-electron chi connectivity index (χ0n) is 18.7. The van der Waals surface area contributed by atoms with E-state index in [9.17, 15) is 17.6 Å². The van der Waals surface area contributed by atoms with Crippen molar-refractivity contribution < 1.29 is 26.5 Å². The number of nitrogens with zero attached hydrogens (tertiary/aromatic N) is 4. The van der Waals surface area contributed by atoms with Crippen LogP contribution in [0.5, 0.6) is 0 Å². The third-order valence-corrected chi connectivity index (χ3v) is 8.37. The average Bonchev–Trinajstić information content (AvgIpc) is 3.60. The second kappa shape index (κ2) is 8.95. The number of piperidine rings is 1. The molecule has 2 fully saturated rings.